The Morgan fingerprint density at radius 1 is 1.44 bits per heavy atom. The minimum atomic E-state index is 0.631. The number of rotatable bonds is 3. The number of anilines is 2. The van der Waals surface area contributed by atoms with E-state index in [1.165, 1.54) is 19.3 Å². The third-order valence-corrected chi connectivity index (χ3v) is 3.23. The second kappa shape index (κ2) is 5.19. The van der Waals surface area contributed by atoms with Gasteiger partial charge in [-0.05, 0) is 45.2 Å². The van der Waals surface area contributed by atoms with Gasteiger partial charge in [-0.25, -0.2) is 4.98 Å². The molecule has 1 saturated heterocycles. The number of pyridine rings is 1. The van der Waals surface area contributed by atoms with Gasteiger partial charge in [0.15, 0.2) is 0 Å². The summed E-state index contributed by atoms with van der Waals surface area (Å²) in [5.74, 6) is 1.12. The molecule has 88 valence electrons. The van der Waals surface area contributed by atoms with Crippen molar-refractivity contribution in [3.8, 4) is 0 Å². The van der Waals surface area contributed by atoms with E-state index in [1.54, 1.807) is 0 Å². The molecule has 0 aliphatic carbocycles. The van der Waals surface area contributed by atoms with Gasteiger partial charge in [-0.1, -0.05) is 0 Å². The van der Waals surface area contributed by atoms with Crippen LogP contribution < -0.4 is 10.2 Å². The highest BCUT2D eigenvalue weighted by molar-refractivity contribution is 5.49. The van der Waals surface area contributed by atoms with Gasteiger partial charge < -0.3 is 10.2 Å². The smallest absolute Gasteiger partial charge is 0.128 e. The molecule has 16 heavy (non-hydrogen) atoms. The second-order valence-corrected chi connectivity index (χ2v) is 4.47. The maximum atomic E-state index is 4.53. The molecular weight excluding hydrogens is 198 g/mol. The third-order valence-electron chi connectivity index (χ3n) is 3.23. The first kappa shape index (κ1) is 11.2. The van der Waals surface area contributed by atoms with Crippen molar-refractivity contribution in [1.29, 1.82) is 0 Å². The predicted octanol–water partition coefficient (Wildman–Crippen LogP) is 2.89. The Kier molecular flexibility index (Phi) is 3.65. The molecule has 2 rings (SSSR count). The topological polar surface area (TPSA) is 28.2 Å². The quantitative estimate of drug-likeness (QED) is 0.847. The summed E-state index contributed by atoms with van der Waals surface area (Å²) in [5.41, 5.74) is 1.11. The van der Waals surface area contributed by atoms with Crippen molar-refractivity contribution in [2.45, 2.75) is 39.2 Å². The van der Waals surface area contributed by atoms with E-state index in [4.69, 9.17) is 0 Å². The molecule has 2 heterocycles. The summed E-state index contributed by atoms with van der Waals surface area (Å²) in [6.45, 7) is 6.48. The molecule has 1 aromatic heterocycles. The van der Waals surface area contributed by atoms with Gasteiger partial charge in [-0.2, -0.15) is 0 Å². The lowest BCUT2D eigenvalue weighted by molar-refractivity contribution is 0.481. The van der Waals surface area contributed by atoms with Crippen molar-refractivity contribution in [2.24, 2.45) is 0 Å². The molecule has 1 fully saturated rings. The number of nitrogens with zero attached hydrogens (tertiary/aromatic N) is 2. The number of hydrogen-bond acceptors (Lipinski definition) is 3. The largest absolute Gasteiger partial charge is 0.384 e. The van der Waals surface area contributed by atoms with Crippen LogP contribution in [0.1, 0.15) is 33.1 Å². The van der Waals surface area contributed by atoms with Crippen LogP contribution in [-0.4, -0.2) is 24.1 Å². The summed E-state index contributed by atoms with van der Waals surface area (Å²) in [5, 5.41) is 3.27. The first-order valence-electron chi connectivity index (χ1n) is 6.28. The SMILES string of the molecule is CCNc1ccc(N2CCCCC2C)nc1. The zero-order valence-electron chi connectivity index (χ0n) is 10.2. The van der Waals surface area contributed by atoms with Crippen LogP contribution in [0.2, 0.25) is 0 Å². The zero-order valence-corrected chi connectivity index (χ0v) is 10.2. The highest BCUT2D eigenvalue weighted by Crippen LogP contribution is 2.23. The summed E-state index contributed by atoms with van der Waals surface area (Å²) in [6, 6.07) is 4.87. The molecule has 0 aromatic carbocycles. The molecule has 1 aromatic rings. The van der Waals surface area contributed by atoms with E-state index in [0.717, 1.165) is 24.6 Å². The Morgan fingerprint density at radius 2 is 2.31 bits per heavy atom. The van der Waals surface area contributed by atoms with Gasteiger partial charge in [0.25, 0.3) is 0 Å². The molecule has 1 aliphatic rings. The van der Waals surface area contributed by atoms with Gasteiger partial charge >= 0.3 is 0 Å². The lowest BCUT2D eigenvalue weighted by atomic mass is 10.0. The van der Waals surface area contributed by atoms with Crippen LogP contribution in [0, 0.1) is 0 Å². The third kappa shape index (κ3) is 2.46. The number of aromatic nitrogens is 1. The first-order chi connectivity index (χ1) is 7.81. The summed E-state index contributed by atoms with van der Waals surface area (Å²) in [6.07, 6.45) is 5.87. The molecule has 1 atom stereocenters. The first-order valence-corrected chi connectivity index (χ1v) is 6.28. The number of piperidine rings is 1. The van der Waals surface area contributed by atoms with E-state index in [9.17, 15) is 0 Å². The maximum absolute atomic E-state index is 4.53. The fourth-order valence-electron chi connectivity index (χ4n) is 2.30. The molecular formula is C13H21N3. The summed E-state index contributed by atoms with van der Waals surface area (Å²) >= 11 is 0. The molecule has 0 saturated carbocycles. The minimum Gasteiger partial charge on any atom is -0.384 e. The normalized spacial score (nSPS) is 20.9. The van der Waals surface area contributed by atoms with Crippen molar-refractivity contribution in [1.82, 2.24) is 4.98 Å². The molecule has 1 aliphatic heterocycles. The van der Waals surface area contributed by atoms with Gasteiger partial charge in [0, 0.05) is 19.1 Å². The van der Waals surface area contributed by atoms with Crippen molar-refractivity contribution in [3.05, 3.63) is 18.3 Å². The van der Waals surface area contributed by atoms with Crippen LogP contribution >= 0.6 is 0 Å². The van der Waals surface area contributed by atoms with Crippen LogP contribution in [0.3, 0.4) is 0 Å². The molecule has 0 amide bonds. The minimum absolute atomic E-state index is 0.631. The van der Waals surface area contributed by atoms with E-state index in [2.05, 4.69) is 41.2 Å². The van der Waals surface area contributed by atoms with Crippen LogP contribution in [0.5, 0.6) is 0 Å². The van der Waals surface area contributed by atoms with Crippen LogP contribution in [0.25, 0.3) is 0 Å². The predicted molar refractivity (Wildman–Crippen MR) is 69.1 cm³/mol. The second-order valence-electron chi connectivity index (χ2n) is 4.47. The molecule has 1 unspecified atom stereocenters. The van der Waals surface area contributed by atoms with E-state index < -0.39 is 0 Å². The van der Waals surface area contributed by atoms with Crippen LogP contribution in [-0.2, 0) is 0 Å². The van der Waals surface area contributed by atoms with E-state index in [0.29, 0.717) is 6.04 Å². The molecule has 3 nitrogen and oxygen atoms in total. The maximum Gasteiger partial charge on any atom is 0.128 e. The molecule has 3 heteroatoms. The van der Waals surface area contributed by atoms with Gasteiger partial charge in [0.1, 0.15) is 5.82 Å². The number of hydrogen-bond donors (Lipinski definition) is 1. The van der Waals surface area contributed by atoms with Crippen molar-refractivity contribution < 1.29 is 0 Å². The molecule has 0 spiro atoms. The Bertz CT molecular complexity index is 320. The molecule has 0 bridgehead atoms. The Labute approximate surface area is 97.9 Å². The van der Waals surface area contributed by atoms with E-state index in [1.807, 2.05) is 6.20 Å². The highest BCUT2D eigenvalue weighted by Gasteiger charge is 2.19. The van der Waals surface area contributed by atoms with Gasteiger partial charge in [-0.3, -0.25) is 0 Å². The summed E-state index contributed by atoms with van der Waals surface area (Å²) in [4.78, 5) is 6.95. The van der Waals surface area contributed by atoms with Crippen molar-refractivity contribution in [2.75, 3.05) is 23.3 Å². The van der Waals surface area contributed by atoms with Gasteiger partial charge in [-0.15, -0.1) is 0 Å². The fraction of sp³-hybridized carbons (Fsp3) is 0.615. The van der Waals surface area contributed by atoms with Crippen LogP contribution in [0.4, 0.5) is 11.5 Å². The lowest BCUT2D eigenvalue weighted by Crippen LogP contribution is -2.37. The van der Waals surface area contributed by atoms with E-state index in [-0.39, 0.29) is 0 Å². The monoisotopic (exact) mass is 219 g/mol. The Morgan fingerprint density at radius 3 is 2.94 bits per heavy atom. The lowest BCUT2D eigenvalue weighted by Gasteiger charge is -2.34. The average molecular weight is 219 g/mol. The molecule has 0 radical (unpaired) electrons. The summed E-state index contributed by atoms with van der Waals surface area (Å²) < 4.78 is 0. The fourth-order valence-corrected chi connectivity index (χ4v) is 2.30. The molecule has 1 N–H and O–H groups in total. The van der Waals surface area contributed by atoms with Crippen LogP contribution in [0.15, 0.2) is 18.3 Å². The van der Waals surface area contributed by atoms with Gasteiger partial charge in [0.2, 0.25) is 0 Å². The van der Waals surface area contributed by atoms with Crippen molar-refractivity contribution in [3.63, 3.8) is 0 Å². The Balaban J connectivity index is 2.08. The van der Waals surface area contributed by atoms with E-state index >= 15 is 0 Å². The average Bonchev–Trinajstić information content (AvgIpc) is 2.31. The zero-order chi connectivity index (χ0) is 11.4. The highest BCUT2D eigenvalue weighted by atomic mass is 15.2. The number of nitrogens with one attached hydrogen (secondary N) is 1. The van der Waals surface area contributed by atoms with Crippen molar-refractivity contribution >= 4 is 11.5 Å². The summed E-state index contributed by atoms with van der Waals surface area (Å²) in [7, 11) is 0. The Hall–Kier alpha value is -1.25. The van der Waals surface area contributed by atoms with Gasteiger partial charge in [0.05, 0.1) is 11.9 Å². The standard InChI is InChI=1S/C13H21N3/c1-3-14-12-7-8-13(15-10-12)16-9-5-4-6-11(16)2/h7-8,10-11,14H,3-6,9H2,1-2H3.